The second kappa shape index (κ2) is 4.53. The summed E-state index contributed by atoms with van der Waals surface area (Å²) in [4.78, 5) is 0. The van der Waals surface area contributed by atoms with Crippen molar-refractivity contribution in [3.63, 3.8) is 0 Å². The maximum absolute atomic E-state index is 9.44. The van der Waals surface area contributed by atoms with Gasteiger partial charge in [0.2, 0.25) is 0 Å². The smallest absolute Gasteiger partial charge is 0.160 e. The number of nitrogens with one attached hydrogen (secondary N) is 1. The van der Waals surface area contributed by atoms with Gasteiger partial charge >= 0.3 is 0 Å². The van der Waals surface area contributed by atoms with Gasteiger partial charge in [0.15, 0.2) is 11.5 Å². The van der Waals surface area contributed by atoms with Crippen LogP contribution in [0.15, 0.2) is 12.1 Å². The summed E-state index contributed by atoms with van der Waals surface area (Å²) in [5, 5.41) is 13.0. The van der Waals surface area contributed by atoms with Gasteiger partial charge in [-0.05, 0) is 25.6 Å². The number of phenols is 1. The lowest BCUT2D eigenvalue weighted by atomic mass is 10.1. The Balaban J connectivity index is 3.17. The SMILES string of the molecule is CN[C@H](C)c1cc(OC)c(O)cc1Cl. The van der Waals surface area contributed by atoms with Crippen molar-refractivity contribution in [3.05, 3.63) is 22.7 Å². The van der Waals surface area contributed by atoms with Gasteiger partial charge in [0.05, 0.1) is 7.11 Å². The highest BCUT2D eigenvalue weighted by Crippen LogP contribution is 2.34. The third-order valence-corrected chi connectivity index (χ3v) is 2.53. The van der Waals surface area contributed by atoms with E-state index in [2.05, 4.69) is 5.32 Å². The fraction of sp³-hybridized carbons (Fsp3) is 0.400. The molecule has 0 bridgehead atoms. The largest absolute Gasteiger partial charge is 0.504 e. The molecule has 1 aromatic rings. The maximum Gasteiger partial charge on any atom is 0.160 e. The van der Waals surface area contributed by atoms with Gasteiger partial charge in [0.1, 0.15) is 0 Å². The number of methoxy groups -OCH3 is 1. The third kappa shape index (κ3) is 2.11. The van der Waals surface area contributed by atoms with Crippen molar-refractivity contribution in [2.24, 2.45) is 0 Å². The summed E-state index contributed by atoms with van der Waals surface area (Å²) in [6.45, 7) is 1.98. The highest BCUT2D eigenvalue weighted by molar-refractivity contribution is 6.31. The highest BCUT2D eigenvalue weighted by atomic mass is 35.5. The molecule has 0 fully saturated rings. The van der Waals surface area contributed by atoms with Crippen molar-refractivity contribution in [2.75, 3.05) is 14.2 Å². The van der Waals surface area contributed by atoms with E-state index < -0.39 is 0 Å². The van der Waals surface area contributed by atoms with Crippen molar-refractivity contribution in [2.45, 2.75) is 13.0 Å². The van der Waals surface area contributed by atoms with Crippen molar-refractivity contribution >= 4 is 11.6 Å². The monoisotopic (exact) mass is 215 g/mol. The third-order valence-electron chi connectivity index (χ3n) is 2.20. The number of benzene rings is 1. The molecule has 14 heavy (non-hydrogen) atoms. The van der Waals surface area contributed by atoms with Crippen LogP contribution in [0, 0.1) is 0 Å². The zero-order valence-electron chi connectivity index (χ0n) is 8.47. The van der Waals surface area contributed by atoms with Crippen LogP contribution in [0.4, 0.5) is 0 Å². The molecule has 0 aliphatic heterocycles. The summed E-state index contributed by atoms with van der Waals surface area (Å²) in [6, 6.07) is 3.35. The standard InChI is InChI=1S/C10H14ClNO2/c1-6(12-2)7-4-10(14-3)9(13)5-8(7)11/h4-6,12-13H,1-3H3/t6-/m1/s1. The Hall–Kier alpha value is -0.930. The normalized spacial score (nSPS) is 12.6. The average Bonchev–Trinajstić information content (AvgIpc) is 2.17. The van der Waals surface area contributed by atoms with E-state index in [0.29, 0.717) is 10.8 Å². The van der Waals surface area contributed by atoms with E-state index in [9.17, 15) is 5.11 Å². The van der Waals surface area contributed by atoms with Gasteiger partial charge < -0.3 is 15.2 Å². The molecule has 1 atom stereocenters. The van der Waals surface area contributed by atoms with Crippen LogP contribution < -0.4 is 10.1 Å². The van der Waals surface area contributed by atoms with Crippen LogP contribution in [-0.2, 0) is 0 Å². The van der Waals surface area contributed by atoms with Crippen molar-refractivity contribution < 1.29 is 9.84 Å². The van der Waals surface area contributed by atoms with Crippen molar-refractivity contribution in [1.82, 2.24) is 5.32 Å². The fourth-order valence-corrected chi connectivity index (χ4v) is 1.53. The van der Waals surface area contributed by atoms with Gasteiger partial charge in [-0.3, -0.25) is 0 Å². The van der Waals surface area contributed by atoms with E-state index in [1.165, 1.54) is 13.2 Å². The molecule has 0 saturated carbocycles. The molecule has 0 spiro atoms. The molecule has 0 heterocycles. The summed E-state index contributed by atoms with van der Waals surface area (Å²) in [5.74, 6) is 0.496. The molecule has 0 amide bonds. The van der Waals surface area contributed by atoms with Crippen LogP contribution in [-0.4, -0.2) is 19.3 Å². The molecule has 0 aliphatic rings. The molecule has 0 radical (unpaired) electrons. The molecule has 0 unspecified atom stereocenters. The highest BCUT2D eigenvalue weighted by Gasteiger charge is 2.12. The summed E-state index contributed by atoms with van der Waals surface area (Å²) < 4.78 is 5.00. The quantitative estimate of drug-likeness (QED) is 0.813. The number of hydrogen-bond acceptors (Lipinski definition) is 3. The van der Waals surface area contributed by atoms with Crippen molar-refractivity contribution in [1.29, 1.82) is 0 Å². The minimum absolute atomic E-state index is 0.0598. The minimum atomic E-state index is 0.0598. The number of aromatic hydroxyl groups is 1. The van der Waals surface area contributed by atoms with Gasteiger partial charge in [0.25, 0.3) is 0 Å². The lowest BCUT2D eigenvalue weighted by Gasteiger charge is -2.14. The Bertz CT molecular complexity index is 328. The Labute approximate surface area is 88.7 Å². The van der Waals surface area contributed by atoms with Gasteiger partial charge in [-0.15, -0.1) is 0 Å². The summed E-state index contributed by atoms with van der Waals surface area (Å²) >= 11 is 5.98. The van der Waals surface area contributed by atoms with E-state index in [-0.39, 0.29) is 11.8 Å². The molecule has 78 valence electrons. The molecule has 0 aromatic heterocycles. The second-order valence-electron chi connectivity index (χ2n) is 3.06. The van der Waals surface area contributed by atoms with Gasteiger partial charge in [-0.2, -0.15) is 0 Å². The molecule has 1 rings (SSSR count). The van der Waals surface area contributed by atoms with E-state index >= 15 is 0 Å². The summed E-state index contributed by atoms with van der Waals surface area (Å²) in [6.07, 6.45) is 0. The number of rotatable bonds is 3. The van der Waals surface area contributed by atoms with Crippen LogP contribution in [0.2, 0.25) is 5.02 Å². The minimum Gasteiger partial charge on any atom is -0.504 e. The predicted molar refractivity (Wildman–Crippen MR) is 57.1 cm³/mol. The summed E-state index contributed by atoms with van der Waals surface area (Å²) in [7, 11) is 3.36. The van der Waals surface area contributed by atoms with Crippen LogP contribution in [0.25, 0.3) is 0 Å². The van der Waals surface area contributed by atoms with Crippen LogP contribution in [0.3, 0.4) is 0 Å². The average molecular weight is 216 g/mol. The molecule has 0 aliphatic carbocycles. The first-order valence-corrected chi connectivity index (χ1v) is 4.71. The number of ether oxygens (including phenoxy) is 1. The van der Waals surface area contributed by atoms with Gasteiger partial charge in [-0.1, -0.05) is 11.6 Å². The zero-order chi connectivity index (χ0) is 10.7. The van der Waals surface area contributed by atoms with Gasteiger partial charge in [0, 0.05) is 17.1 Å². The lowest BCUT2D eigenvalue weighted by Crippen LogP contribution is -2.12. The van der Waals surface area contributed by atoms with Crippen LogP contribution in [0.5, 0.6) is 11.5 Å². The summed E-state index contributed by atoms with van der Waals surface area (Å²) in [5.41, 5.74) is 0.906. The molecular weight excluding hydrogens is 202 g/mol. The van der Waals surface area contributed by atoms with Crippen LogP contribution >= 0.6 is 11.6 Å². The Morgan fingerprint density at radius 1 is 1.50 bits per heavy atom. The molecule has 2 N–H and O–H groups in total. The number of hydrogen-bond donors (Lipinski definition) is 2. The lowest BCUT2D eigenvalue weighted by molar-refractivity contribution is 0.372. The fourth-order valence-electron chi connectivity index (χ4n) is 1.21. The number of halogens is 1. The Kier molecular flexibility index (Phi) is 3.61. The molecule has 3 nitrogen and oxygen atoms in total. The van der Waals surface area contributed by atoms with E-state index in [1.54, 1.807) is 6.07 Å². The zero-order valence-corrected chi connectivity index (χ0v) is 9.22. The molecule has 1 aromatic carbocycles. The first-order valence-electron chi connectivity index (χ1n) is 4.33. The van der Waals surface area contributed by atoms with Crippen molar-refractivity contribution in [3.8, 4) is 11.5 Å². The van der Waals surface area contributed by atoms with Gasteiger partial charge in [-0.25, -0.2) is 0 Å². The maximum atomic E-state index is 9.44. The predicted octanol–water partition coefficient (Wildman–Crippen LogP) is 2.33. The first kappa shape index (κ1) is 11.1. The Morgan fingerprint density at radius 2 is 2.14 bits per heavy atom. The topological polar surface area (TPSA) is 41.5 Å². The first-order chi connectivity index (χ1) is 6.60. The Morgan fingerprint density at radius 3 is 2.64 bits per heavy atom. The van der Waals surface area contributed by atoms with E-state index in [4.69, 9.17) is 16.3 Å². The molecule has 4 heteroatoms. The number of phenolic OH excluding ortho intramolecular Hbond substituents is 1. The molecular formula is C10H14ClNO2. The second-order valence-corrected chi connectivity index (χ2v) is 3.46. The van der Waals surface area contributed by atoms with E-state index in [0.717, 1.165) is 5.56 Å². The van der Waals surface area contributed by atoms with E-state index in [1.807, 2.05) is 14.0 Å². The molecule has 0 saturated heterocycles. The van der Waals surface area contributed by atoms with Crippen LogP contribution in [0.1, 0.15) is 18.5 Å².